The van der Waals surface area contributed by atoms with Gasteiger partial charge < -0.3 is 5.32 Å². The minimum Gasteiger partial charge on any atom is -0.316 e. The average molecular weight is 356 g/mol. The number of hydrogen-bond acceptors (Lipinski definition) is 3. The number of aryl methyl sites for hydroxylation is 1. The third kappa shape index (κ3) is 4.95. The van der Waals surface area contributed by atoms with Crippen LogP contribution >= 0.6 is 39.0 Å². The fourth-order valence-electron chi connectivity index (χ4n) is 1.78. The molecule has 0 aliphatic rings. The molecule has 1 N–H and O–H groups in total. The van der Waals surface area contributed by atoms with Crippen LogP contribution in [0.1, 0.15) is 10.4 Å². The van der Waals surface area contributed by atoms with Crippen LogP contribution < -0.4 is 5.32 Å². The van der Waals surface area contributed by atoms with Gasteiger partial charge in [0.2, 0.25) is 0 Å². The Bertz CT molecular complexity index is 507. The van der Waals surface area contributed by atoms with Crippen molar-refractivity contribution in [2.75, 3.05) is 12.8 Å². The quantitative estimate of drug-likeness (QED) is 0.750. The van der Waals surface area contributed by atoms with Crippen molar-refractivity contribution in [2.45, 2.75) is 24.3 Å². The Morgan fingerprint density at radius 1 is 1.21 bits per heavy atom. The highest BCUT2D eigenvalue weighted by Crippen LogP contribution is 2.25. The summed E-state index contributed by atoms with van der Waals surface area (Å²) in [5.74, 6) is 1.09. The molecule has 1 heterocycles. The molecule has 0 saturated heterocycles. The zero-order valence-electron chi connectivity index (χ0n) is 11.2. The summed E-state index contributed by atoms with van der Waals surface area (Å²) in [6, 6.07) is 13.6. The standard InChI is InChI=1S/C15H18BrNS2/c1-11-3-5-13(6-4-11)18-10-12(17-2)9-14-7-8-15(16)19-14/h3-8,12,17H,9-10H2,1-2H3. The third-order valence-corrected chi connectivity index (χ3v) is 5.78. The average Bonchev–Trinajstić information content (AvgIpc) is 2.82. The van der Waals surface area contributed by atoms with Crippen molar-refractivity contribution in [3.63, 3.8) is 0 Å². The van der Waals surface area contributed by atoms with E-state index in [4.69, 9.17) is 0 Å². The molecule has 2 aromatic rings. The lowest BCUT2D eigenvalue weighted by molar-refractivity contribution is 0.622. The molecule has 0 fully saturated rings. The second-order valence-corrected chi connectivity index (χ2v) is 8.16. The van der Waals surface area contributed by atoms with Crippen molar-refractivity contribution < 1.29 is 0 Å². The van der Waals surface area contributed by atoms with E-state index in [-0.39, 0.29) is 0 Å². The summed E-state index contributed by atoms with van der Waals surface area (Å²) < 4.78 is 1.21. The minimum atomic E-state index is 0.511. The molecule has 102 valence electrons. The highest BCUT2D eigenvalue weighted by atomic mass is 79.9. The van der Waals surface area contributed by atoms with Crippen LogP contribution in [0.5, 0.6) is 0 Å². The fourth-order valence-corrected chi connectivity index (χ4v) is 4.35. The molecule has 0 bridgehead atoms. The predicted octanol–water partition coefficient (Wildman–Crippen LogP) is 4.74. The fraction of sp³-hybridized carbons (Fsp3) is 0.333. The van der Waals surface area contributed by atoms with Crippen molar-refractivity contribution in [3.8, 4) is 0 Å². The lowest BCUT2D eigenvalue weighted by Crippen LogP contribution is -2.29. The first-order chi connectivity index (χ1) is 9.17. The topological polar surface area (TPSA) is 12.0 Å². The van der Waals surface area contributed by atoms with Crippen molar-refractivity contribution >= 4 is 39.0 Å². The van der Waals surface area contributed by atoms with E-state index in [9.17, 15) is 0 Å². The van der Waals surface area contributed by atoms with E-state index in [0.717, 1.165) is 12.2 Å². The van der Waals surface area contributed by atoms with Crippen LogP contribution in [0.25, 0.3) is 0 Å². The van der Waals surface area contributed by atoms with E-state index in [1.165, 1.54) is 19.1 Å². The van der Waals surface area contributed by atoms with E-state index in [2.05, 4.69) is 64.6 Å². The second-order valence-electron chi connectivity index (χ2n) is 4.52. The van der Waals surface area contributed by atoms with Gasteiger partial charge in [-0.2, -0.15) is 0 Å². The first-order valence-corrected chi connectivity index (χ1v) is 8.88. The molecule has 0 amide bonds. The number of hydrogen-bond donors (Lipinski definition) is 1. The molecule has 0 radical (unpaired) electrons. The van der Waals surface area contributed by atoms with Crippen molar-refractivity contribution in [3.05, 3.63) is 50.6 Å². The monoisotopic (exact) mass is 355 g/mol. The number of nitrogens with one attached hydrogen (secondary N) is 1. The highest BCUT2D eigenvalue weighted by molar-refractivity contribution is 9.11. The molecule has 1 aromatic heterocycles. The highest BCUT2D eigenvalue weighted by Gasteiger charge is 2.09. The van der Waals surface area contributed by atoms with E-state index in [1.807, 2.05) is 30.1 Å². The molecular formula is C15H18BrNS2. The summed E-state index contributed by atoms with van der Waals surface area (Å²) in [5.41, 5.74) is 1.32. The summed E-state index contributed by atoms with van der Waals surface area (Å²) in [4.78, 5) is 2.77. The molecule has 1 aromatic carbocycles. The van der Waals surface area contributed by atoms with Gasteiger partial charge in [0.25, 0.3) is 0 Å². The van der Waals surface area contributed by atoms with E-state index in [1.54, 1.807) is 0 Å². The van der Waals surface area contributed by atoms with Gasteiger partial charge in [-0.05, 0) is 60.6 Å². The van der Waals surface area contributed by atoms with Crippen molar-refractivity contribution in [1.29, 1.82) is 0 Å². The summed E-state index contributed by atoms with van der Waals surface area (Å²) in [5, 5.41) is 3.41. The molecule has 19 heavy (non-hydrogen) atoms. The Kier molecular flexibility index (Phi) is 5.95. The number of likely N-dealkylation sites (N-methyl/N-ethyl adjacent to an activating group) is 1. The Balaban J connectivity index is 1.87. The zero-order valence-corrected chi connectivity index (χ0v) is 14.4. The third-order valence-electron chi connectivity index (χ3n) is 2.96. The number of thioether (sulfide) groups is 1. The number of benzene rings is 1. The van der Waals surface area contributed by atoms with E-state index < -0.39 is 0 Å². The molecule has 1 unspecified atom stereocenters. The summed E-state index contributed by atoms with van der Waals surface area (Å²) in [7, 11) is 2.04. The van der Waals surface area contributed by atoms with Crippen LogP contribution in [0.2, 0.25) is 0 Å². The van der Waals surface area contributed by atoms with Crippen LogP contribution in [-0.2, 0) is 6.42 Å². The van der Waals surface area contributed by atoms with Crippen LogP contribution in [0.15, 0.2) is 45.1 Å². The van der Waals surface area contributed by atoms with Crippen LogP contribution in [0, 0.1) is 6.92 Å². The lowest BCUT2D eigenvalue weighted by atomic mass is 10.2. The molecule has 0 aliphatic heterocycles. The molecule has 0 spiro atoms. The summed E-state index contributed by atoms with van der Waals surface area (Å²) in [6.07, 6.45) is 1.09. The molecule has 1 atom stereocenters. The Hall–Kier alpha value is -0.290. The minimum absolute atomic E-state index is 0.511. The zero-order chi connectivity index (χ0) is 13.7. The molecule has 1 nitrogen and oxygen atoms in total. The molecule has 2 rings (SSSR count). The Labute approximate surface area is 131 Å². The lowest BCUT2D eigenvalue weighted by Gasteiger charge is -2.14. The van der Waals surface area contributed by atoms with Gasteiger partial charge in [0.05, 0.1) is 3.79 Å². The van der Waals surface area contributed by atoms with Crippen LogP contribution in [-0.4, -0.2) is 18.8 Å². The van der Waals surface area contributed by atoms with E-state index >= 15 is 0 Å². The maximum Gasteiger partial charge on any atom is 0.0701 e. The van der Waals surface area contributed by atoms with Gasteiger partial charge in [0, 0.05) is 21.6 Å². The van der Waals surface area contributed by atoms with Gasteiger partial charge in [-0.1, -0.05) is 17.7 Å². The van der Waals surface area contributed by atoms with Gasteiger partial charge in [-0.15, -0.1) is 23.1 Å². The normalized spacial score (nSPS) is 12.6. The van der Waals surface area contributed by atoms with Crippen LogP contribution in [0.3, 0.4) is 0 Å². The van der Waals surface area contributed by atoms with Gasteiger partial charge in [0.1, 0.15) is 0 Å². The first kappa shape index (κ1) is 15.1. The molecular weight excluding hydrogens is 338 g/mol. The first-order valence-electron chi connectivity index (χ1n) is 6.28. The largest absolute Gasteiger partial charge is 0.316 e. The van der Waals surface area contributed by atoms with Gasteiger partial charge in [0.15, 0.2) is 0 Å². The molecule has 0 saturated carbocycles. The second kappa shape index (κ2) is 7.48. The predicted molar refractivity (Wildman–Crippen MR) is 90.5 cm³/mol. The van der Waals surface area contributed by atoms with Gasteiger partial charge in [-0.25, -0.2) is 0 Å². The smallest absolute Gasteiger partial charge is 0.0701 e. The van der Waals surface area contributed by atoms with Crippen LogP contribution in [0.4, 0.5) is 0 Å². The molecule has 0 aliphatic carbocycles. The number of rotatable bonds is 6. The maximum absolute atomic E-state index is 3.52. The van der Waals surface area contributed by atoms with Gasteiger partial charge >= 0.3 is 0 Å². The maximum atomic E-state index is 3.52. The SMILES string of the molecule is CNC(CSc1ccc(C)cc1)Cc1ccc(Br)s1. The Morgan fingerprint density at radius 2 is 1.95 bits per heavy atom. The van der Waals surface area contributed by atoms with E-state index in [0.29, 0.717) is 6.04 Å². The van der Waals surface area contributed by atoms with Crippen molar-refractivity contribution in [2.24, 2.45) is 0 Å². The number of thiophene rings is 1. The summed E-state index contributed by atoms with van der Waals surface area (Å²) in [6.45, 7) is 2.12. The molecule has 4 heteroatoms. The van der Waals surface area contributed by atoms with Gasteiger partial charge in [-0.3, -0.25) is 0 Å². The summed E-state index contributed by atoms with van der Waals surface area (Å²) >= 11 is 7.26. The van der Waals surface area contributed by atoms with Crippen molar-refractivity contribution in [1.82, 2.24) is 5.32 Å². The Morgan fingerprint density at radius 3 is 2.53 bits per heavy atom. The number of halogens is 1.